The molecular weight excluding hydrogens is 313 g/mol. The van der Waals surface area contributed by atoms with Gasteiger partial charge in [-0.2, -0.15) is 0 Å². The van der Waals surface area contributed by atoms with Gasteiger partial charge in [-0.3, -0.25) is 0 Å². The van der Waals surface area contributed by atoms with Gasteiger partial charge in [0.1, 0.15) is 5.82 Å². The molecule has 0 radical (unpaired) electrons. The molecule has 2 aromatic carbocycles. The summed E-state index contributed by atoms with van der Waals surface area (Å²) in [5.41, 5.74) is 7.03. The van der Waals surface area contributed by atoms with Gasteiger partial charge in [-0.05, 0) is 42.0 Å². The molecule has 94 valence electrons. The van der Waals surface area contributed by atoms with E-state index in [9.17, 15) is 4.39 Å². The lowest BCUT2D eigenvalue weighted by atomic mass is 10.1. The van der Waals surface area contributed by atoms with Crippen LogP contribution in [0.15, 0.2) is 57.9 Å². The van der Waals surface area contributed by atoms with Crippen molar-refractivity contribution in [2.24, 2.45) is 5.73 Å². The van der Waals surface area contributed by atoms with Crippen LogP contribution in [0.2, 0.25) is 0 Å². The van der Waals surface area contributed by atoms with E-state index in [1.165, 1.54) is 17.0 Å². The van der Waals surface area contributed by atoms with Crippen molar-refractivity contribution in [3.8, 4) is 0 Å². The topological polar surface area (TPSA) is 26.0 Å². The predicted molar refractivity (Wildman–Crippen MR) is 78.2 cm³/mol. The number of benzene rings is 2. The van der Waals surface area contributed by atoms with E-state index in [0.29, 0.717) is 0 Å². The van der Waals surface area contributed by atoms with Gasteiger partial charge in [-0.25, -0.2) is 4.39 Å². The van der Waals surface area contributed by atoms with E-state index in [-0.39, 0.29) is 11.9 Å². The Balaban J connectivity index is 1.93. The highest BCUT2D eigenvalue weighted by Gasteiger charge is 2.06. The van der Waals surface area contributed by atoms with E-state index in [1.54, 1.807) is 23.9 Å². The Kier molecular flexibility index (Phi) is 4.80. The summed E-state index contributed by atoms with van der Waals surface area (Å²) in [6, 6.07) is 14.4. The molecular formula is C14H13BrFNS. The second kappa shape index (κ2) is 6.36. The maximum absolute atomic E-state index is 12.8. The van der Waals surface area contributed by atoms with Gasteiger partial charge in [0.2, 0.25) is 0 Å². The summed E-state index contributed by atoms with van der Waals surface area (Å²) in [6.07, 6.45) is 0. The van der Waals surface area contributed by atoms with Gasteiger partial charge in [0, 0.05) is 21.2 Å². The lowest BCUT2D eigenvalue weighted by molar-refractivity contribution is 0.626. The highest BCUT2D eigenvalue weighted by atomic mass is 79.9. The highest BCUT2D eigenvalue weighted by Crippen LogP contribution is 2.24. The Morgan fingerprint density at radius 3 is 2.28 bits per heavy atom. The molecule has 0 amide bonds. The van der Waals surface area contributed by atoms with Crippen LogP contribution in [0.5, 0.6) is 0 Å². The molecule has 0 fully saturated rings. The van der Waals surface area contributed by atoms with E-state index in [2.05, 4.69) is 15.9 Å². The third-order valence-electron chi connectivity index (χ3n) is 2.54. The molecule has 18 heavy (non-hydrogen) atoms. The first kappa shape index (κ1) is 13.6. The van der Waals surface area contributed by atoms with Crippen molar-refractivity contribution < 1.29 is 4.39 Å². The molecule has 0 aliphatic heterocycles. The van der Waals surface area contributed by atoms with E-state index < -0.39 is 0 Å². The minimum atomic E-state index is -0.230. The number of thioether (sulfide) groups is 1. The summed E-state index contributed by atoms with van der Waals surface area (Å²) >= 11 is 5.10. The Morgan fingerprint density at radius 1 is 1.06 bits per heavy atom. The maximum Gasteiger partial charge on any atom is 0.123 e. The molecule has 0 saturated carbocycles. The number of hydrogen-bond donors (Lipinski definition) is 1. The molecule has 2 aromatic rings. The average Bonchev–Trinajstić information content (AvgIpc) is 2.38. The molecule has 1 unspecified atom stereocenters. The number of halogens is 2. The first-order valence-electron chi connectivity index (χ1n) is 5.54. The van der Waals surface area contributed by atoms with Gasteiger partial charge < -0.3 is 5.73 Å². The Hall–Kier alpha value is -0.840. The van der Waals surface area contributed by atoms with Gasteiger partial charge in [-0.15, -0.1) is 11.8 Å². The Bertz CT molecular complexity index is 498. The molecule has 2 N–H and O–H groups in total. The fourth-order valence-corrected chi connectivity index (χ4v) is 2.68. The summed E-state index contributed by atoms with van der Waals surface area (Å²) in [4.78, 5) is 1.18. The van der Waals surface area contributed by atoms with Crippen molar-refractivity contribution in [2.75, 3.05) is 5.75 Å². The second-order valence-corrected chi connectivity index (χ2v) is 5.93. The lowest BCUT2D eigenvalue weighted by Crippen LogP contribution is -2.12. The average molecular weight is 326 g/mol. The third kappa shape index (κ3) is 3.83. The van der Waals surface area contributed by atoms with Crippen molar-refractivity contribution in [3.63, 3.8) is 0 Å². The van der Waals surface area contributed by atoms with Crippen LogP contribution in [0.25, 0.3) is 0 Å². The summed E-state index contributed by atoms with van der Waals surface area (Å²) in [6.45, 7) is 0. The molecule has 2 rings (SSSR count). The molecule has 0 heterocycles. The smallest absolute Gasteiger partial charge is 0.123 e. The summed E-state index contributed by atoms with van der Waals surface area (Å²) in [5, 5.41) is 0. The zero-order chi connectivity index (χ0) is 13.0. The van der Waals surface area contributed by atoms with Crippen LogP contribution in [0.1, 0.15) is 11.6 Å². The van der Waals surface area contributed by atoms with Crippen molar-refractivity contribution in [3.05, 3.63) is 64.4 Å². The SMILES string of the molecule is NC(CSc1ccc(Br)cc1)c1ccc(F)cc1. The lowest BCUT2D eigenvalue weighted by Gasteiger charge is -2.11. The van der Waals surface area contributed by atoms with E-state index in [4.69, 9.17) is 5.73 Å². The largest absolute Gasteiger partial charge is 0.323 e. The first-order valence-corrected chi connectivity index (χ1v) is 7.32. The van der Waals surface area contributed by atoms with Gasteiger partial charge in [-0.1, -0.05) is 28.1 Å². The molecule has 0 aliphatic rings. The number of nitrogens with two attached hydrogens (primary N) is 1. The molecule has 1 atom stereocenters. The van der Waals surface area contributed by atoms with Crippen molar-refractivity contribution in [1.29, 1.82) is 0 Å². The summed E-state index contributed by atoms with van der Waals surface area (Å²) in [5.74, 6) is 0.541. The van der Waals surface area contributed by atoms with Crippen molar-refractivity contribution >= 4 is 27.7 Å². The fourth-order valence-electron chi connectivity index (χ4n) is 1.52. The van der Waals surface area contributed by atoms with Gasteiger partial charge >= 0.3 is 0 Å². The molecule has 0 aromatic heterocycles. The number of rotatable bonds is 4. The van der Waals surface area contributed by atoms with E-state index in [0.717, 1.165) is 15.8 Å². The highest BCUT2D eigenvalue weighted by molar-refractivity contribution is 9.10. The van der Waals surface area contributed by atoms with Crippen LogP contribution in [0.3, 0.4) is 0 Å². The van der Waals surface area contributed by atoms with E-state index in [1.807, 2.05) is 24.3 Å². The monoisotopic (exact) mass is 325 g/mol. The Labute approximate surface area is 119 Å². The molecule has 0 aliphatic carbocycles. The number of hydrogen-bond acceptors (Lipinski definition) is 2. The van der Waals surface area contributed by atoms with E-state index >= 15 is 0 Å². The zero-order valence-electron chi connectivity index (χ0n) is 9.64. The zero-order valence-corrected chi connectivity index (χ0v) is 12.0. The van der Waals surface area contributed by atoms with Gasteiger partial charge in [0.05, 0.1) is 0 Å². The maximum atomic E-state index is 12.8. The quantitative estimate of drug-likeness (QED) is 0.844. The molecule has 0 saturated heterocycles. The minimum Gasteiger partial charge on any atom is -0.323 e. The fraction of sp³-hybridized carbons (Fsp3) is 0.143. The van der Waals surface area contributed by atoms with Crippen LogP contribution in [0, 0.1) is 5.82 Å². The molecule has 1 nitrogen and oxygen atoms in total. The Morgan fingerprint density at radius 2 is 1.67 bits per heavy atom. The molecule has 0 bridgehead atoms. The third-order valence-corrected chi connectivity index (χ3v) is 4.20. The summed E-state index contributed by atoms with van der Waals surface area (Å²) in [7, 11) is 0. The van der Waals surface area contributed by atoms with Gasteiger partial charge in [0.25, 0.3) is 0 Å². The van der Waals surface area contributed by atoms with Crippen LogP contribution < -0.4 is 5.73 Å². The van der Waals surface area contributed by atoms with Crippen LogP contribution >= 0.6 is 27.7 Å². The van der Waals surface area contributed by atoms with Crippen LogP contribution in [-0.4, -0.2) is 5.75 Å². The minimum absolute atomic E-state index is 0.0840. The normalized spacial score (nSPS) is 12.4. The standard InChI is InChI=1S/C14H13BrFNS/c15-11-3-7-13(8-4-11)18-9-14(17)10-1-5-12(16)6-2-10/h1-8,14H,9,17H2. The molecule has 4 heteroatoms. The van der Waals surface area contributed by atoms with Crippen LogP contribution in [0.4, 0.5) is 4.39 Å². The predicted octanol–water partition coefficient (Wildman–Crippen LogP) is 4.38. The van der Waals surface area contributed by atoms with Gasteiger partial charge in [0.15, 0.2) is 0 Å². The van der Waals surface area contributed by atoms with Crippen LogP contribution in [-0.2, 0) is 0 Å². The first-order chi connectivity index (χ1) is 8.65. The van der Waals surface area contributed by atoms with Crippen molar-refractivity contribution in [2.45, 2.75) is 10.9 Å². The second-order valence-electron chi connectivity index (χ2n) is 3.92. The summed E-state index contributed by atoms with van der Waals surface area (Å²) < 4.78 is 13.9. The van der Waals surface area contributed by atoms with Crippen molar-refractivity contribution in [1.82, 2.24) is 0 Å². The molecule has 0 spiro atoms.